The molecule has 0 saturated heterocycles. The van der Waals surface area contributed by atoms with E-state index in [9.17, 15) is 0 Å². The summed E-state index contributed by atoms with van der Waals surface area (Å²) in [6, 6.07) is 0. The molecule has 0 aromatic heterocycles. The highest BCUT2D eigenvalue weighted by molar-refractivity contribution is 6.84. The fourth-order valence-electron chi connectivity index (χ4n) is 0.280. The van der Waals surface area contributed by atoms with Gasteiger partial charge in [-0.15, -0.1) is 0 Å². The van der Waals surface area contributed by atoms with E-state index in [-0.39, 0.29) is 0 Å². The Kier molecular flexibility index (Phi) is 2.81. The Morgan fingerprint density at radius 3 is 2.00 bits per heavy atom. The Labute approximate surface area is 57.5 Å². The van der Waals surface area contributed by atoms with Gasteiger partial charge in [0.05, 0.1) is 13.6 Å². The first-order chi connectivity index (χ1) is 3.98. The van der Waals surface area contributed by atoms with Gasteiger partial charge < -0.3 is 5.53 Å². The van der Waals surface area contributed by atoms with Gasteiger partial charge in [-0.1, -0.05) is 26.6 Å². The second-order valence-electron chi connectivity index (χ2n) is 3.18. The summed E-state index contributed by atoms with van der Waals surface area (Å²) in [4.78, 5) is 2.97. The van der Waals surface area contributed by atoms with Crippen LogP contribution in [0.4, 0.5) is 0 Å². The molecule has 0 fully saturated rings. The van der Waals surface area contributed by atoms with E-state index in [2.05, 4.69) is 24.4 Å². The van der Waals surface area contributed by atoms with Crippen LogP contribution in [0.3, 0.4) is 0 Å². The van der Waals surface area contributed by atoms with Gasteiger partial charge in [-0.3, -0.25) is 0 Å². The third-order valence-electron chi connectivity index (χ3n) is 1.43. The molecular weight excluding hydrogens is 128 g/mol. The summed E-state index contributed by atoms with van der Waals surface area (Å²) < 4.78 is 0. The van der Waals surface area contributed by atoms with E-state index < -0.39 is 8.07 Å². The summed E-state index contributed by atoms with van der Waals surface area (Å²) in [5.41, 5.74) is 9.38. The van der Waals surface area contributed by atoms with Crippen LogP contribution in [-0.4, -0.2) is 19.1 Å². The van der Waals surface area contributed by atoms with Crippen LogP contribution in [0.25, 0.3) is 5.53 Å². The Hall–Kier alpha value is -0.403. The van der Waals surface area contributed by atoms with Crippen LogP contribution in [0.5, 0.6) is 0 Å². The van der Waals surface area contributed by atoms with Crippen molar-refractivity contribution in [2.24, 2.45) is 0 Å². The quantitative estimate of drug-likeness (QED) is 0.243. The molecule has 0 amide bonds. The van der Waals surface area contributed by atoms with E-state index in [0.717, 1.165) is 0 Å². The largest absolute Gasteiger partial charge is 0.362 e. The minimum Gasteiger partial charge on any atom is -0.362 e. The molecule has 9 heavy (non-hydrogen) atoms. The van der Waals surface area contributed by atoms with Crippen molar-refractivity contribution < 1.29 is 4.79 Å². The van der Waals surface area contributed by atoms with Gasteiger partial charge in [0.25, 0.3) is 6.21 Å². The van der Waals surface area contributed by atoms with Gasteiger partial charge in [0.15, 0.2) is 0 Å². The molecule has 0 aromatic carbocycles. The van der Waals surface area contributed by atoms with Gasteiger partial charge in [0, 0.05) is 0 Å². The zero-order valence-electron chi connectivity index (χ0n) is 6.47. The Bertz CT molecular complexity index is 130. The molecule has 0 aliphatic carbocycles. The van der Waals surface area contributed by atoms with Crippen LogP contribution in [0.2, 0.25) is 19.6 Å². The first-order valence-electron chi connectivity index (χ1n) is 3.00. The minimum atomic E-state index is -1.17. The summed E-state index contributed by atoms with van der Waals surface area (Å²) >= 11 is 0. The molecule has 0 spiro atoms. The van der Waals surface area contributed by atoms with E-state index in [4.69, 9.17) is 5.53 Å². The number of hydrogen-bond donors (Lipinski definition) is 0. The third-order valence-corrected chi connectivity index (χ3v) is 3.93. The van der Waals surface area contributed by atoms with Gasteiger partial charge in [-0.25, -0.2) is 0 Å². The SMILES string of the molecule is C[C](C=[N+]=[N-])[Si](C)(C)C. The maximum atomic E-state index is 8.17. The van der Waals surface area contributed by atoms with Crippen LogP contribution < -0.4 is 0 Å². The molecule has 0 aliphatic heterocycles. The van der Waals surface area contributed by atoms with Crippen molar-refractivity contribution in [3.8, 4) is 0 Å². The van der Waals surface area contributed by atoms with Crippen molar-refractivity contribution >= 4 is 14.3 Å². The van der Waals surface area contributed by atoms with Crippen molar-refractivity contribution in [2.75, 3.05) is 0 Å². The molecule has 0 aliphatic rings. The van der Waals surface area contributed by atoms with Crippen LogP contribution in [0, 0.1) is 5.54 Å². The van der Waals surface area contributed by atoms with Crippen LogP contribution in [0.15, 0.2) is 0 Å². The first kappa shape index (κ1) is 8.60. The lowest BCUT2D eigenvalue weighted by molar-refractivity contribution is 0.00336. The van der Waals surface area contributed by atoms with E-state index in [1.165, 1.54) is 11.8 Å². The predicted molar refractivity (Wildman–Crippen MR) is 41.9 cm³/mol. The van der Waals surface area contributed by atoms with Crippen molar-refractivity contribution in [2.45, 2.75) is 26.6 Å². The molecule has 2 nitrogen and oxygen atoms in total. The van der Waals surface area contributed by atoms with Crippen LogP contribution in [-0.2, 0) is 0 Å². The number of hydrogen-bond acceptors (Lipinski definition) is 0. The second kappa shape index (κ2) is 2.94. The van der Waals surface area contributed by atoms with E-state index in [1.807, 2.05) is 6.92 Å². The van der Waals surface area contributed by atoms with Gasteiger partial charge in [0.1, 0.15) is 0 Å². The fourth-order valence-corrected chi connectivity index (χ4v) is 0.725. The molecule has 0 rings (SSSR count). The zero-order chi connectivity index (χ0) is 7.49. The molecule has 0 atom stereocenters. The number of nitrogens with zero attached hydrogens (tertiary/aromatic N) is 2. The third kappa shape index (κ3) is 3.22. The van der Waals surface area contributed by atoms with Crippen LogP contribution in [0.1, 0.15) is 6.92 Å². The zero-order valence-corrected chi connectivity index (χ0v) is 7.47. The minimum absolute atomic E-state index is 1.17. The molecular formula is C6H13N2Si. The average Bonchev–Trinajstić information content (AvgIpc) is 1.64. The Morgan fingerprint density at radius 2 is 1.89 bits per heavy atom. The Balaban J connectivity index is 4.03. The van der Waals surface area contributed by atoms with Crippen molar-refractivity contribution in [3.63, 3.8) is 0 Å². The maximum absolute atomic E-state index is 8.17. The Morgan fingerprint density at radius 1 is 1.44 bits per heavy atom. The monoisotopic (exact) mass is 141 g/mol. The van der Waals surface area contributed by atoms with Gasteiger partial charge in [0.2, 0.25) is 0 Å². The highest BCUT2D eigenvalue weighted by atomic mass is 28.3. The van der Waals surface area contributed by atoms with Crippen molar-refractivity contribution in [1.29, 1.82) is 0 Å². The fraction of sp³-hybridized carbons (Fsp3) is 0.667. The molecule has 1 radical (unpaired) electrons. The van der Waals surface area contributed by atoms with Crippen molar-refractivity contribution in [3.05, 3.63) is 11.1 Å². The van der Waals surface area contributed by atoms with Crippen LogP contribution >= 0.6 is 0 Å². The molecule has 3 heteroatoms. The molecule has 51 valence electrons. The lowest BCUT2D eigenvalue weighted by Crippen LogP contribution is -2.29. The predicted octanol–water partition coefficient (Wildman–Crippen LogP) is 1.76. The standard InChI is InChI=1S/C6H13N2Si/c1-6(5-8-7)9(2,3)4/h5H,1-4H3. The smallest absolute Gasteiger partial charge is 0.261 e. The van der Waals surface area contributed by atoms with Gasteiger partial charge in [-0.2, -0.15) is 4.79 Å². The lowest BCUT2D eigenvalue weighted by Gasteiger charge is -2.15. The topological polar surface area (TPSA) is 36.4 Å². The average molecular weight is 141 g/mol. The summed E-state index contributed by atoms with van der Waals surface area (Å²) in [5, 5.41) is 0. The lowest BCUT2D eigenvalue weighted by atomic mass is 10.5. The number of rotatable bonds is 2. The summed E-state index contributed by atoms with van der Waals surface area (Å²) in [6.07, 6.45) is 1.53. The summed E-state index contributed by atoms with van der Waals surface area (Å²) in [7, 11) is -1.17. The van der Waals surface area contributed by atoms with E-state index in [1.54, 1.807) is 0 Å². The first-order valence-corrected chi connectivity index (χ1v) is 6.50. The molecule has 0 unspecified atom stereocenters. The molecule has 0 bridgehead atoms. The maximum Gasteiger partial charge on any atom is 0.261 e. The highest BCUT2D eigenvalue weighted by Gasteiger charge is 2.24. The molecule has 0 N–H and O–H groups in total. The highest BCUT2D eigenvalue weighted by Crippen LogP contribution is 2.13. The second-order valence-corrected chi connectivity index (χ2v) is 8.47. The summed E-state index contributed by atoms with van der Waals surface area (Å²) in [5.74, 6) is 0. The summed E-state index contributed by atoms with van der Waals surface area (Å²) in [6.45, 7) is 8.64. The molecule has 0 aromatic rings. The van der Waals surface area contributed by atoms with Crippen molar-refractivity contribution in [1.82, 2.24) is 0 Å². The molecule has 0 heterocycles. The molecule has 0 saturated carbocycles. The van der Waals surface area contributed by atoms with Gasteiger partial charge >= 0.3 is 0 Å². The van der Waals surface area contributed by atoms with Gasteiger partial charge in [-0.05, 0) is 0 Å². The van der Waals surface area contributed by atoms with E-state index in [0.29, 0.717) is 0 Å². The normalized spacial score (nSPS) is 11.2. The van der Waals surface area contributed by atoms with E-state index >= 15 is 0 Å².